The van der Waals surface area contributed by atoms with Crippen LogP contribution in [0.5, 0.6) is 0 Å². The van der Waals surface area contributed by atoms with Gasteiger partial charge in [0.1, 0.15) is 0 Å². The summed E-state index contributed by atoms with van der Waals surface area (Å²) >= 11 is -1.48. The predicted octanol–water partition coefficient (Wildman–Crippen LogP) is 3.53. The van der Waals surface area contributed by atoms with Crippen molar-refractivity contribution in [2.45, 2.75) is 7.35 Å². The van der Waals surface area contributed by atoms with E-state index >= 15 is 0 Å². The third kappa shape index (κ3) is 6.60. The van der Waals surface area contributed by atoms with Gasteiger partial charge in [-0.3, -0.25) is 0 Å². The van der Waals surface area contributed by atoms with Gasteiger partial charge in [-0.2, -0.15) is 0 Å². The minimum absolute atomic E-state index is 0. The molecule has 2 aliphatic carbocycles. The second-order valence-electron chi connectivity index (χ2n) is 11.4. The average Bonchev–Trinajstić information content (AvgIpc) is 3.65. The largest absolute Gasteiger partial charge is 1.00 e. The molecule has 0 spiro atoms. The first-order chi connectivity index (χ1) is 22.3. The van der Waals surface area contributed by atoms with Crippen LogP contribution in [0.15, 0.2) is 180 Å². The van der Waals surface area contributed by atoms with E-state index in [1.54, 1.807) is 21.8 Å². The van der Waals surface area contributed by atoms with E-state index in [0.29, 0.717) is 7.35 Å². The molecule has 0 heterocycles. The quantitative estimate of drug-likeness (QED) is 0.163. The van der Waals surface area contributed by atoms with Crippen molar-refractivity contribution >= 4 is 49.2 Å². The Labute approximate surface area is 289 Å². The second kappa shape index (κ2) is 15.1. The standard InChI is InChI=1S/2C21H16P.2FH.Hf/c2*1-3-11-19(12-4-1)22(20-13-5-2-6-14-20)21-15-17-9-7-8-10-18(17)16-21;;;/h2*1-16H;2*1H;/q;;;;+2/p-2. The molecule has 2 aliphatic rings. The average molecular weight is 815 g/mol. The minimum Gasteiger partial charge on any atom is -1.00 e. The molecule has 0 fully saturated rings. The molecule has 47 heavy (non-hydrogen) atoms. The van der Waals surface area contributed by atoms with Crippen LogP contribution >= 0.6 is 15.8 Å². The van der Waals surface area contributed by atoms with Gasteiger partial charge in [0, 0.05) is 0 Å². The number of hydrogen-bond donors (Lipinski definition) is 0. The van der Waals surface area contributed by atoms with E-state index in [4.69, 9.17) is 0 Å². The zero-order chi connectivity index (χ0) is 30.0. The molecule has 6 aromatic rings. The van der Waals surface area contributed by atoms with Gasteiger partial charge in [0.25, 0.3) is 0 Å². The molecule has 5 heteroatoms. The minimum atomic E-state index is -1.48. The van der Waals surface area contributed by atoms with Gasteiger partial charge >= 0.3 is 282 Å². The van der Waals surface area contributed by atoms with E-state index in [-0.39, 0.29) is 9.41 Å². The van der Waals surface area contributed by atoms with E-state index in [0.717, 1.165) is 0 Å². The molecule has 228 valence electrons. The summed E-state index contributed by atoms with van der Waals surface area (Å²) in [4.78, 5) is 0. The Morgan fingerprint density at radius 2 is 0.617 bits per heavy atom. The molecule has 8 rings (SSSR count). The van der Waals surface area contributed by atoms with Gasteiger partial charge in [-0.05, 0) is 0 Å². The molecule has 2 unspecified atom stereocenters. The van der Waals surface area contributed by atoms with Crippen LogP contribution in [0.25, 0.3) is 12.2 Å². The van der Waals surface area contributed by atoms with Gasteiger partial charge in [0.15, 0.2) is 0 Å². The van der Waals surface area contributed by atoms with Crippen molar-refractivity contribution in [2.75, 3.05) is 0 Å². The van der Waals surface area contributed by atoms with Crippen molar-refractivity contribution in [3.63, 3.8) is 0 Å². The molecular formula is C42H32F2HfP2. The van der Waals surface area contributed by atoms with Crippen molar-refractivity contribution in [3.05, 3.63) is 203 Å². The van der Waals surface area contributed by atoms with E-state index in [9.17, 15) is 0 Å². The van der Waals surface area contributed by atoms with Crippen LogP contribution in [0.2, 0.25) is 0 Å². The molecule has 2 atom stereocenters. The third-order valence-electron chi connectivity index (χ3n) is 8.72. The summed E-state index contributed by atoms with van der Waals surface area (Å²) in [6.45, 7) is 0. The summed E-state index contributed by atoms with van der Waals surface area (Å²) in [5, 5.41) is 9.10. The predicted molar refractivity (Wildman–Crippen MR) is 192 cm³/mol. The number of allylic oxidation sites excluding steroid dienone is 2. The fourth-order valence-corrected chi connectivity index (χ4v) is 21.9. The first-order valence-electron chi connectivity index (χ1n) is 15.5. The van der Waals surface area contributed by atoms with E-state index in [1.165, 1.54) is 32.3 Å². The van der Waals surface area contributed by atoms with E-state index in [2.05, 4.69) is 182 Å². The monoisotopic (exact) mass is 816 g/mol. The Balaban J connectivity index is 0.00000193. The van der Waals surface area contributed by atoms with Crippen LogP contribution in [0.4, 0.5) is 0 Å². The fraction of sp³-hybridized carbons (Fsp3) is 0.0476. The first-order valence-corrected chi connectivity index (χ1v) is 22.4. The Bertz CT molecular complexity index is 1770. The third-order valence-corrected chi connectivity index (χ3v) is 22.4. The second-order valence-corrected chi connectivity index (χ2v) is 21.2. The van der Waals surface area contributed by atoms with Crippen LogP contribution < -0.4 is 30.6 Å². The van der Waals surface area contributed by atoms with Crippen LogP contribution in [0.3, 0.4) is 0 Å². The van der Waals surface area contributed by atoms with Crippen LogP contribution in [0.1, 0.15) is 29.6 Å². The summed E-state index contributed by atoms with van der Waals surface area (Å²) < 4.78 is 1.05. The molecule has 0 bridgehead atoms. The van der Waals surface area contributed by atoms with Crippen molar-refractivity contribution in [3.8, 4) is 0 Å². The number of fused-ring (bicyclic) bond motifs is 2. The van der Waals surface area contributed by atoms with Gasteiger partial charge in [0.05, 0.1) is 0 Å². The molecule has 0 amide bonds. The van der Waals surface area contributed by atoms with Crippen LogP contribution in [-0.4, -0.2) is 0 Å². The summed E-state index contributed by atoms with van der Waals surface area (Å²) in [5.74, 6) is 0. The van der Waals surface area contributed by atoms with Crippen molar-refractivity contribution in [1.29, 1.82) is 0 Å². The normalized spacial score (nSPS) is 15.9. The van der Waals surface area contributed by atoms with Gasteiger partial charge in [-0.25, -0.2) is 0 Å². The smallest absolute Gasteiger partial charge is 1.00 e. The number of halogens is 2. The van der Waals surface area contributed by atoms with Crippen LogP contribution in [-0.2, 0) is 22.9 Å². The molecule has 0 aromatic heterocycles. The van der Waals surface area contributed by atoms with Crippen molar-refractivity contribution < 1.29 is 32.3 Å². The molecule has 0 radical (unpaired) electrons. The number of hydrogen-bond acceptors (Lipinski definition) is 0. The zero-order valence-corrected chi connectivity index (χ0v) is 31.0. The topological polar surface area (TPSA) is 0 Å². The van der Waals surface area contributed by atoms with Gasteiger partial charge < -0.3 is 9.41 Å². The molecule has 0 saturated heterocycles. The fourth-order valence-electron chi connectivity index (χ4n) is 6.72. The SMILES string of the molecule is C1=C(P(c2ccccc2)c2ccccc2)[CH]([Hf+2][CH]2C(P(c3ccccc3)c3ccccc3)=Cc3ccccc32)c2ccccc21.[F-].[F-]. The molecule has 0 N–H and O–H groups in total. The Hall–Kier alpha value is -3.61. The Morgan fingerprint density at radius 3 is 0.936 bits per heavy atom. The Kier molecular flexibility index (Phi) is 10.7. The van der Waals surface area contributed by atoms with Gasteiger partial charge in [-0.1, -0.05) is 0 Å². The first kappa shape index (κ1) is 33.3. The summed E-state index contributed by atoms with van der Waals surface area (Å²) in [6, 6.07) is 63.7. The van der Waals surface area contributed by atoms with E-state index < -0.39 is 38.7 Å². The van der Waals surface area contributed by atoms with E-state index in [1.807, 2.05) is 0 Å². The van der Waals surface area contributed by atoms with Crippen molar-refractivity contribution in [1.82, 2.24) is 0 Å². The van der Waals surface area contributed by atoms with Crippen molar-refractivity contribution in [2.24, 2.45) is 0 Å². The van der Waals surface area contributed by atoms with Gasteiger partial charge in [0.2, 0.25) is 0 Å². The molecule has 0 saturated carbocycles. The van der Waals surface area contributed by atoms with Crippen LogP contribution in [0, 0.1) is 0 Å². The summed E-state index contributed by atoms with van der Waals surface area (Å²) in [7, 11) is -1.29. The molecule has 0 aliphatic heterocycles. The summed E-state index contributed by atoms with van der Waals surface area (Å²) in [5.41, 5.74) is 5.97. The Morgan fingerprint density at radius 1 is 0.340 bits per heavy atom. The maximum Gasteiger partial charge on any atom is -1.00 e. The maximum absolute atomic E-state index is 2.58. The maximum atomic E-state index is 2.58. The molecule has 0 nitrogen and oxygen atoms in total. The zero-order valence-electron chi connectivity index (χ0n) is 25.6. The molecular weight excluding hydrogens is 783 g/mol. The number of rotatable bonds is 8. The molecule has 6 aromatic carbocycles. The van der Waals surface area contributed by atoms with Gasteiger partial charge in [-0.15, -0.1) is 0 Å². The number of benzene rings is 6. The summed E-state index contributed by atoms with van der Waals surface area (Å²) in [6.07, 6.45) is 5.17.